The second kappa shape index (κ2) is 12.8. The molecule has 0 saturated heterocycles. The predicted octanol–water partition coefficient (Wildman–Crippen LogP) is 3.36. The monoisotopic (exact) mass is 511 g/mol. The Kier molecular flexibility index (Phi) is 9.31. The van der Waals surface area contributed by atoms with Crippen molar-refractivity contribution in [2.24, 2.45) is 0 Å². The summed E-state index contributed by atoms with van der Waals surface area (Å²) in [6, 6.07) is 26.8. The number of rotatable bonds is 5. The number of amides is 4. The summed E-state index contributed by atoms with van der Waals surface area (Å²) in [6.07, 6.45) is 4.79. The fourth-order valence-corrected chi connectivity index (χ4v) is 3.62. The molecule has 4 N–H and O–H groups in total. The highest BCUT2D eigenvalue weighted by molar-refractivity contribution is 6.13. The van der Waals surface area contributed by atoms with Crippen molar-refractivity contribution < 1.29 is 23.9 Å². The molecule has 3 aromatic rings. The highest BCUT2D eigenvalue weighted by Gasteiger charge is 2.29. The number of ether oxygens (including phenoxy) is 1. The lowest BCUT2D eigenvalue weighted by molar-refractivity contribution is -0.125. The molecule has 2 aliphatic rings. The van der Waals surface area contributed by atoms with Gasteiger partial charge in [-0.15, -0.1) is 0 Å². The van der Waals surface area contributed by atoms with Crippen LogP contribution in [0, 0.1) is 6.92 Å². The van der Waals surface area contributed by atoms with E-state index >= 15 is 0 Å². The molecule has 194 valence electrons. The van der Waals surface area contributed by atoms with E-state index < -0.39 is 0 Å². The minimum atomic E-state index is -0.329. The van der Waals surface area contributed by atoms with E-state index in [2.05, 4.69) is 55.5 Å². The fourth-order valence-electron chi connectivity index (χ4n) is 3.62. The minimum absolute atomic E-state index is 0.224. The molecule has 0 unspecified atom stereocenters. The number of hydrogen-bond donors (Lipinski definition) is 3. The van der Waals surface area contributed by atoms with Gasteiger partial charge in [0.15, 0.2) is 0 Å². The zero-order valence-electron chi connectivity index (χ0n) is 21.1. The molecule has 0 aliphatic carbocycles. The second-order valence-electron chi connectivity index (χ2n) is 8.74. The van der Waals surface area contributed by atoms with E-state index in [1.54, 1.807) is 0 Å². The SMILES string of the molecule is Cc1cc(OCC(C)(c2ccccc2)c2ccccc2)ccc1N.O=C1C=CC(=O)N1.O=C1C=CC(=O)N1. The molecule has 0 saturated carbocycles. The fraction of sp³-hybridized carbons (Fsp3) is 0.133. The first kappa shape index (κ1) is 27.6. The Morgan fingerprint density at radius 2 is 1.11 bits per heavy atom. The Bertz CT molecular complexity index is 1260. The van der Waals surface area contributed by atoms with Crippen LogP contribution < -0.4 is 21.1 Å². The quantitative estimate of drug-likeness (QED) is 0.356. The Balaban J connectivity index is 0.000000231. The second-order valence-corrected chi connectivity index (χ2v) is 8.74. The van der Waals surface area contributed by atoms with E-state index in [0.29, 0.717) is 6.61 Å². The van der Waals surface area contributed by atoms with Crippen LogP contribution in [0.5, 0.6) is 5.75 Å². The van der Waals surface area contributed by atoms with Crippen LogP contribution in [0.2, 0.25) is 0 Å². The minimum Gasteiger partial charge on any atom is -0.492 e. The third kappa shape index (κ3) is 7.76. The summed E-state index contributed by atoms with van der Waals surface area (Å²) in [5, 5.41) is 4.06. The zero-order valence-corrected chi connectivity index (χ0v) is 21.1. The highest BCUT2D eigenvalue weighted by atomic mass is 16.5. The largest absolute Gasteiger partial charge is 0.492 e. The van der Waals surface area contributed by atoms with Crippen LogP contribution in [0.25, 0.3) is 0 Å². The van der Waals surface area contributed by atoms with Gasteiger partial charge in [0.1, 0.15) is 12.4 Å². The van der Waals surface area contributed by atoms with Crippen LogP contribution in [0.15, 0.2) is 103 Å². The van der Waals surface area contributed by atoms with Crippen LogP contribution in [0.3, 0.4) is 0 Å². The smallest absolute Gasteiger partial charge is 0.250 e. The molecule has 0 spiro atoms. The molecule has 2 heterocycles. The summed E-state index contributed by atoms with van der Waals surface area (Å²) >= 11 is 0. The number of imide groups is 2. The van der Waals surface area contributed by atoms with Crippen LogP contribution >= 0.6 is 0 Å². The lowest BCUT2D eigenvalue weighted by atomic mass is 9.77. The van der Waals surface area contributed by atoms with Crippen molar-refractivity contribution in [1.82, 2.24) is 10.6 Å². The number of benzene rings is 3. The third-order valence-corrected chi connectivity index (χ3v) is 5.86. The zero-order chi connectivity index (χ0) is 27.5. The van der Waals surface area contributed by atoms with Crippen LogP contribution in [-0.4, -0.2) is 30.2 Å². The maximum atomic E-state index is 10.0. The number of nitrogens with one attached hydrogen (secondary N) is 2. The maximum absolute atomic E-state index is 10.0. The molecule has 5 rings (SSSR count). The number of hydrogen-bond acceptors (Lipinski definition) is 6. The topological polar surface area (TPSA) is 128 Å². The van der Waals surface area contributed by atoms with Crippen molar-refractivity contribution in [3.8, 4) is 5.75 Å². The molecule has 2 aliphatic heterocycles. The molecule has 0 atom stereocenters. The number of carbonyl (C=O) groups excluding carboxylic acids is 4. The number of carbonyl (C=O) groups is 4. The molecular weight excluding hydrogens is 482 g/mol. The van der Waals surface area contributed by atoms with Gasteiger partial charge in [-0.25, -0.2) is 0 Å². The van der Waals surface area contributed by atoms with Gasteiger partial charge in [-0.3, -0.25) is 29.8 Å². The van der Waals surface area contributed by atoms with E-state index in [1.165, 1.54) is 35.4 Å². The Morgan fingerprint density at radius 3 is 1.45 bits per heavy atom. The first-order valence-corrected chi connectivity index (χ1v) is 11.8. The summed E-state index contributed by atoms with van der Waals surface area (Å²) in [5.41, 5.74) is 9.98. The molecule has 8 nitrogen and oxygen atoms in total. The summed E-state index contributed by atoms with van der Waals surface area (Å²) in [6.45, 7) is 4.78. The molecule has 4 amide bonds. The number of anilines is 1. The average Bonchev–Trinajstić information content (AvgIpc) is 3.51. The number of nitrogens with two attached hydrogens (primary N) is 1. The molecule has 3 aromatic carbocycles. The van der Waals surface area contributed by atoms with Gasteiger partial charge in [-0.1, -0.05) is 60.7 Å². The summed E-state index contributed by atoms with van der Waals surface area (Å²) < 4.78 is 6.16. The summed E-state index contributed by atoms with van der Waals surface area (Å²) in [5.74, 6) is -0.468. The van der Waals surface area contributed by atoms with Crippen molar-refractivity contribution in [1.29, 1.82) is 0 Å². The molecule has 8 heteroatoms. The molecular formula is C30H29N3O5. The third-order valence-electron chi connectivity index (χ3n) is 5.86. The van der Waals surface area contributed by atoms with E-state index in [1.807, 2.05) is 47.9 Å². The van der Waals surface area contributed by atoms with Gasteiger partial charge in [-0.2, -0.15) is 0 Å². The highest BCUT2D eigenvalue weighted by Crippen LogP contribution is 2.33. The number of nitrogen functional groups attached to an aromatic ring is 1. The van der Waals surface area contributed by atoms with E-state index in [0.717, 1.165) is 17.0 Å². The Morgan fingerprint density at radius 1 is 0.684 bits per heavy atom. The molecule has 0 fully saturated rings. The summed E-state index contributed by atoms with van der Waals surface area (Å²) in [4.78, 5) is 40.1. The van der Waals surface area contributed by atoms with Gasteiger partial charge < -0.3 is 10.5 Å². The Hall–Kier alpha value is -4.98. The molecule has 38 heavy (non-hydrogen) atoms. The van der Waals surface area contributed by atoms with Crippen molar-refractivity contribution in [3.05, 3.63) is 120 Å². The van der Waals surface area contributed by atoms with E-state index in [4.69, 9.17) is 10.5 Å². The van der Waals surface area contributed by atoms with Crippen LogP contribution in [0.4, 0.5) is 5.69 Å². The van der Waals surface area contributed by atoms with Crippen molar-refractivity contribution >= 4 is 29.3 Å². The lowest BCUT2D eigenvalue weighted by Crippen LogP contribution is -2.31. The number of aryl methyl sites for hydroxylation is 1. The van der Waals surface area contributed by atoms with Crippen LogP contribution in [-0.2, 0) is 24.6 Å². The van der Waals surface area contributed by atoms with Crippen LogP contribution in [0.1, 0.15) is 23.6 Å². The first-order valence-electron chi connectivity index (χ1n) is 11.8. The Labute approximate surface area is 221 Å². The van der Waals surface area contributed by atoms with Gasteiger partial charge in [0.05, 0.1) is 5.41 Å². The lowest BCUT2D eigenvalue weighted by Gasteiger charge is -2.31. The predicted molar refractivity (Wildman–Crippen MR) is 145 cm³/mol. The van der Waals surface area contributed by atoms with Gasteiger partial charge in [0.2, 0.25) is 0 Å². The first-order chi connectivity index (χ1) is 18.2. The van der Waals surface area contributed by atoms with Gasteiger partial charge in [0, 0.05) is 30.0 Å². The molecule has 0 bridgehead atoms. The molecule has 0 radical (unpaired) electrons. The van der Waals surface area contributed by atoms with E-state index in [9.17, 15) is 19.2 Å². The molecule has 0 aromatic heterocycles. The maximum Gasteiger partial charge on any atom is 0.250 e. The van der Waals surface area contributed by atoms with Crippen molar-refractivity contribution in [2.45, 2.75) is 19.3 Å². The van der Waals surface area contributed by atoms with Gasteiger partial charge in [0.25, 0.3) is 23.6 Å². The van der Waals surface area contributed by atoms with Crippen molar-refractivity contribution in [2.75, 3.05) is 12.3 Å². The van der Waals surface area contributed by atoms with Crippen molar-refractivity contribution in [3.63, 3.8) is 0 Å². The van der Waals surface area contributed by atoms with Gasteiger partial charge >= 0.3 is 0 Å². The normalized spacial score (nSPS) is 13.6. The summed E-state index contributed by atoms with van der Waals surface area (Å²) in [7, 11) is 0. The van der Waals surface area contributed by atoms with Gasteiger partial charge in [-0.05, 0) is 48.7 Å². The van der Waals surface area contributed by atoms with E-state index in [-0.39, 0.29) is 29.0 Å². The average molecular weight is 512 g/mol. The standard InChI is InChI=1S/C22H23NO.2C4H3NO2/c1-17-15-20(13-14-21(17)23)24-16-22(2,18-9-5-3-6-10-18)19-11-7-4-8-12-19;2*6-3-1-2-4(7)5-3/h3-15H,16,23H2,1-2H3;2*1-2H,(H,5,6,7).